The molecule has 0 aromatic rings. The van der Waals surface area contributed by atoms with Crippen LogP contribution in [0.4, 0.5) is 0 Å². The average Bonchev–Trinajstić information content (AvgIpc) is 2.69. The van der Waals surface area contributed by atoms with Crippen molar-refractivity contribution in [1.29, 1.82) is 0 Å². The maximum absolute atomic E-state index is 3.60. The van der Waals surface area contributed by atoms with Crippen molar-refractivity contribution in [3.63, 3.8) is 0 Å². The molecule has 1 nitrogen and oxygen atoms in total. The van der Waals surface area contributed by atoms with Crippen molar-refractivity contribution >= 4 is 0 Å². The normalized spacial score (nSPS) is 20.7. The van der Waals surface area contributed by atoms with E-state index in [0.717, 1.165) is 12.0 Å². The Morgan fingerprint density at radius 2 is 2.00 bits per heavy atom. The van der Waals surface area contributed by atoms with E-state index in [1.165, 1.54) is 25.7 Å². The van der Waals surface area contributed by atoms with Gasteiger partial charge in [0.05, 0.1) is 0 Å². The Bertz CT molecular complexity index is 101. The molecule has 66 valence electrons. The van der Waals surface area contributed by atoms with Crippen molar-refractivity contribution in [1.82, 2.24) is 5.32 Å². The highest BCUT2D eigenvalue weighted by Crippen LogP contribution is 2.34. The monoisotopic (exact) mass is 155 g/mol. The van der Waals surface area contributed by atoms with Gasteiger partial charge in [0.25, 0.3) is 0 Å². The van der Waals surface area contributed by atoms with Crippen LogP contribution in [0.25, 0.3) is 0 Å². The molecular formula is C10H21N. The lowest BCUT2D eigenvalue weighted by atomic mass is 10.1. The number of hydrogen-bond donors (Lipinski definition) is 1. The van der Waals surface area contributed by atoms with E-state index in [1.807, 2.05) is 0 Å². The van der Waals surface area contributed by atoms with Gasteiger partial charge in [-0.05, 0) is 18.8 Å². The summed E-state index contributed by atoms with van der Waals surface area (Å²) in [5.74, 6) is 1.06. The van der Waals surface area contributed by atoms with Gasteiger partial charge in [-0.3, -0.25) is 0 Å². The van der Waals surface area contributed by atoms with Crippen LogP contribution in [0.2, 0.25) is 0 Å². The van der Waals surface area contributed by atoms with Crippen LogP contribution >= 0.6 is 0 Å². The van der Waals surface area contributed by atoms with Crippen molar-refractivity contribution in [3.8, 4) is 0 Å². The predicted octanol–water partition coefficient (Wildman–Crippen LogP) is 2.56. The highest BCUT2D eigenvalue weighted by atomic mass is 14.9. The molecule has 1 aliphatic carbocycles. The highest BCUT2D eigenvalue weighted by Gasteiger charge is 2.24. The fourth-order valence-electron chi connectivity index (χ4n) is 1.58. The molecule has 0 radical (unpaired) electrons. The summed E-state index contributed by atoms with van der Waals surface area (Å²) in [6.45, 7) is 6.74. The largest absolute Gasteiger partial charge is 0.312 e. The summed E-state index contributed by atoms with van der Waals surface area (Å²) in [7, 11) is 0. The number of hydrogen-bond acceptors (Lipinski definition) is 1. The van der Waals surface area contributed by atoms with Crippen molar-refractivity contribution in [2.75, 3.05) is 0 Å². The minimum absolute atomic E-state index is 0.652. The molecule has 0 aliphatic heterocycles. The van der Waals surface area contributed by atoms with Crippen molar-refractivity contribution in [2.24, 2.45) is 5.92 Å². The van der Waals surface area contributed by atoms with Crippen LogP contribution in [0.5, 0.6) is 0 Å². The standard InChI is InChI=1S/C10H21N/c1-4-10(11-8(2)3)7-9-5-6-9/h8-11H,4-7H2,1-3H3. The Labute approximate surface area is 70.6 Å². The minimum Gasteiger partial charge on any atom is -0.312 e. The third kappa shape index (κ3) is 3.76. The first-order valence-corrected chi connectivity index (χ1v) is 4.98. The van der Waals surface area contributed by atoms with E-state index in [9.17, 15) is 0 Å². The fourth-order valence-corrected chi connectivity index (χ4v) is 1.58. The van der Waals surface area contributed by atoms with Crippen LogP contribution in [-0.2, 0) is 0 Å². The molecule has 0 spiro atoms. The van der Waals surface area contributed by atoms with Gasteiger partial charge in [0.1, 0.15) is 0 Å². The lowest BCUT2D eigenvalue weighted by molar-refractivity contribution is 0.411. The topological polar surface area (TPSA) is 12.0 Å². The lowest BCUT2D eigenvalue weighted by Gasteiger charge is -2.19. The lowest BCUT2D eigenvalue weighted by Crippen LogP contribution is -2.34. The molecule has 1 aliphatic rings. The molecule has 0 saturated heterocycles. The minimum atomic E-state index is 0.652. The summed E-state index contributed by atoms with van der Waals surface area (Å²) < 4.78 is 0. The van der Waals surface area contributed by atoms with Crippen LogP contribution < -0.4 is 5.32 Å². The van der Waals surface area contributed by atoms with Gasteiger partial charge in [-0.2, -0.15) is 0 Å². The summed E-state index contributed by atoms with van der Waals surface area (Å²) in [6.07, 6.45) is 5.66. The molecular weight excluding hydrogens is 134 g/mol. The average molecular weight is 155 g/mol. The van der Waals surface area contributed by atoms with Gasteiger partial charge in [0, 0.05) is 12.1 Å². The molecule has 1 atom stereocenters. The first-order valence-electron chi connectivity index (χ1n) is 4.98. The van der Waals surface area contributed by atoms with Crippen LogP contribution in [0.15, 0.2) is 0 Å². The van der Waals surface area contributed by atoms with E-state index in [4.69, 9.17) is 0 Å². The van der Waals surface area contributed by atoms with E-state index in [0.29, 0.717) is 6.04 Å². The van der Waals surface area contributed by atoms with Crippen molar-refractivity contribution < 1.29 is 0 Å². The third-order valence-corrected chi connectivity index (χ3v) is 2.38. The molecule has 11 heavy (non-hydrogen) atoms. The summed E-state index contributed by atoms with van der Waals surface area (Å²) >= 11 is 0. The molecule has 1 unspecified atom stereocenters. The first-order chi connectivity index (χ1) is 5.22. The van der Waals surface area contributed by atoms with E-state index in [2.05, 4.69) is 26.1 Å². The quantitative estimate of drug-likeness (QED) is 0.643. The molecule has 1 saturated carbocycles. The van der Waals surface area contributed by atoms with Gasteiger partial charge in [0.2, 0.25) is 0 Å². The summed E-state index contributed by atoms with van der Waals surface area (Å²) in [5.41, 5.74) is 0. The molecule has 0 amide bonds. The molecule has 0 aromatic heterocycles. The Morgan fingerprint density at radius 1 is 1.36 bits per heavy atom. The van der Waals surface area contributed by atoms with Crippen LogP contribution in [0.1, 0.15) is 46.5 Å². The van der Waals surface area contributed by atoms with Gasteiger partial charge in [-0.25, -0.2) is 0 Å². The summed E-state index contributed by atoms with van der Waals surface area (Å²) in [5, 5.41) is 3.60. The smallest absolute Gasteiger partial charge is 0.00694 e. The third-order valence-electron chi connectivity index (χ3n) is 2.38. The molecule has 0 bridgehead atoms. The molecule has 0 aromatic carbocycles. The van der Waals surface area contributed by atoms with E-state index >= 15 is 0 Å². The van der Waals surface area contributed by atoms with E-state index in [1.54, 1.807) is 0 Å². The van der Waals surface area contributed by atoms with Gasteiger partial charge < -0.3 is 5.32 Å². The Balaban J connectivity index is 2.12. The summed E-state index contributed by atoms with van der Waals surface area (Å²) in [4.78, 5) is 0. The molecule has 1 rings (SSSR count). The second-order valence-electron chi connectivity index (χ2n) is 4.11. The second kappa shape index (κ2) is 4.10. The zero-order valence-electron chi connectivity index (χ0n) is 8.06. The Kier molecular flexibility index (Phi) is 3.38. The van der Waals surface area contributed by atoms with Crippen molar-refractivity contribution in [2.45, 2.75) is 58.5 Å². The van der Waals surface area contributed by atoms with Gasteiger partial charge in [-0.15, -0.1) is 0 Å². The molecule has 1 fully saturated rings. The van der Waals surface area contributed by atoms with Gasteiger partial charge in [-0.1, -0.05) is 33.6 Å². The highest BCUT2D eigenvalue weighted by molar-refractivity contribution is 4.80. The van der Waals surface area contributed by atoms with E-state index in [-0.39, 0.29) is 0 Å². The Morgan fingerprint density at radius 3 is 2.36 bits per heavy atom. The second-order valence-corrected chi connectivity index (χ2v) is 4.11. The summed E-state index contributed by atoms with van der Waals surface area (Å²) in [6, 6.07) is 1.43. The van der Waals surface area contributed by atoms with Gasteiger partial charge >= 0.3 is 0 Å². The zero-order valence-corrected chi connectivity index (χ0v) is 8.06. The number of rotatable bonds is 5. The van der Waals surface area contributed by atoms with Gasteiger partial charge in [0.15, 0.2) is 0 Å². The maximum atomic E-state index is 3.60. The van der Waals surface area contributed by atoms with Crippen LogP contribution in [-0.4, -0.2) is 12.1 Å². The first kappa shape index (κ1) is 9.05. The molecule has 0 heterocycles. The number of nitrogens with one attached hydrogen (secondary N) is 1. The SMILES string of the molecule is CCC(CC1CC1)NC(C)C. The zero-order chi connectivity index (χ0) is 8.27. The van der Waals surface area contributed by atoms with E-state index < -0.39 is 0 Å². The van der Waals surface area contributed by atoms with Crippen LogP contribution in [0, 0.1) is 5.92 Å². The van der Waals surface area contributed by atoms with Crippen LogP contribution in [0.3, 0.4) is 0 Å². The predicted molar refractivity (Wildman–Crippen MR) is 49.7 cm³/mol. The molecule has 1 N–H and O–H groups in total. The Hall–Kier alpha value is -0.0400. The maximum Gasteiger partial charge on any atom is 0.00694 e. The van der Waals surface area contributed by atoms with Crippen molar-refractivity contribution in [3.05, 3.63) is 0 Å². The fraction of sp³-hybridized carbons (Fsp3) is 1.00. The molecule has 1 heteroatoms.